The highest BCUT2D eigenvalue weighted by Crippen LogP contribution is 2.31. The van der Waals surface area contributed by atoms with Gasteiger partial charge in [0, 0.05) is 30.5 Å². The maximum absolute atomic E-state index is 11.7. The fraction of sp³-hybridized carbons (Fsp3) is 0.172. The second kappa shape index (κ2) is 14.4. The van der Waals surface area contributed by atoms with E-state index in [0.717, 1.165) is 28.7 Å². The predicted molar refractivity (Wildman–Crippen MR) is 150 cm³/mol. The molecule has 2 atom stereocenters. The van der Waals surface area contributed by atoms with Gasteiger partial charge in [0.1, 0.15) is 17.1 Å². The number of pyridine rings is 1. The van der Waals surface area contributed by atoms with Crippen molar-refractivity contribution in [2.45, 2.75) is 25.5 Å². The van der Waals surface area contributed by atoms with E-state index >= 15 is 0 Å². The van der Waals surface area contributed by atoms with E-state index in [1.165, 1.54) is 0 Å². The average molecular weight is 541 g/mol. The van der Waals surface area contributed by atoms with E-state index in [1.807, 2.05) is 42.5 Å². The van der Waals surface area contributed by atoms with Gasteiger partial charge in [0.05, 0.1) is 6.10 Å². The molecule has 1 heterocycles. The fourth-order valence-corrected chi connectivity index (χ4v) is 3.84. The summed E-state index contributed by atoms with van der Waals surface area (Å²) in [4.78, 5) is 15.7. The van der Waals surface area contributed by atoms with Crippen molar-refractivity contribution >= 4 is 30.8 Å². The van der Waals surface area contributed by atoms with Crippen molar-refractivity contribution in [1.82, 2.24) is 10.3 Å². The molecule has 0 fully saturated rings. The summed E-state index contributed by atoms with van der Waals surface area (Å²) >= 11 is 0. The van der Waals surface area contributed by atoms with Gasteiger partial charge < -0.3 is 20.3 Å². The number of ether oxygens (including phenoxy) is 1. The largest absolute Gasteiger partial charge is 0.478 e. The number of hydrogen-bond acceptors (Lipinski definition) is 5. The molecule has 194 valence electrons. The van der Waals surface area contributed by atoms with Crippen LogP contribution in [-0.2, 0) is 6.42 Å². The van der Waals surface area contributed by atoms with Gasteiger partial charge in [0.2, 0.25) is 0 Å². The highest BCUT2D eigenvalue weighted by Gasteiger charge is 2.14. The van der Waals surface area contributed by atoms with E-state index in [0.29, 0.717) is 18.0 Å². The van der Waals surface area contributed by atoms with Crippen molar-refractivity contribution < 1.29 is 19.7 Å². The van der Waals surface area contributed by atoms with E-state index in [4.69, 9.17) is 4.74 Å². The van der Waals surface area contributed by atoms with Gasteiger partial charge in [0.25, 0.3) is 0 Å². The average Bonchev–Trinajstić information content (AvgIpc) is 2.88. The summed E-state index contributed by atoms with van der Waals surface area (Å²) in [5.41, 5.74) is 3.91. The van der Waals surface area contributed by atoms with Crippen molar-refractivity contribution in [2.24, 2.45) is 0 Å². The van der Waals surface area contributed by atoms with Crippen LogP contribution in [0.2, 0.25) is 0 Å². The molecule has 0 radical (unpaired) electrons. The molecule has 37 heavy (non-hydrogen) atoms. The molecule has 0 saturated carbocycles. The molecular weight excluding hydrogens is 511 g/mol. The first-order chi connectivity index (χ1) is 17.0. The van der Waals surface area contributed by atoms with Crippen LogP contribution >= 0.6 is 24.8 Å². The molecule has 0 saturated heterocycles. The van der Waals surface area contributed by atoms with Crippen LogP contribution in [0.4, 0.5) is 0 Å². The van der Waals surface area contributed by atoms with Crippen LogP contribution in [0.3, 0.4) is 0 Å². The molecule has 0 bridgehead atoms. The van der Waals surface area contributed by atoms with Crippen LogP contribution in [0.1, 0.15) is 34.5 Å². The Kier molecular flexibility index (Phi) is 11.6. The normalized spacial score (nSPS) is 11.9. The van der Waals surface area contributed by atoms with Gasteiger partial charge in [-0.1, -0.05) is 54.6 Å². The molecule has 0 aliphatic rings. The monoisotopic (exact) mass is 540 g/mol. The number of carbonyl (C=O) groups is 1. The molecule has 0 aliphatic heterocycles. The Labute approximate surface area is 229 Å². The number of aromatic nitrogens is 1. The molecule has 4 rings (SSSR count). The molecule has 6 nitrogen and oxygen atoms in total. The highest BCUT2D eigenvalue weighted by molar-refractivity contribution is 5.92. The lowest BCUT2D eigenvalue weighted by atomic mass is 9.99. The van der Waals surface area contributed by atoms with Gasteiger partial charge in [-0.2, -0.15) is 0 Å². The van der Waals surface area contributed by atoms with Crippen LogP contribution in [-0.4, -0.2) is 33.8 Å². The SMILES string of the molecule is C[C@H](Cc1ccc(-c2ccc(C(=O)O)c(Oc3ccccc3)c2)cc1)NC[C@H](O)c1cccnc1.Cl.Cl. The maximum Gasteiger partial charge on any atom is 0.339 e. The van der Waals surface area contributed by atoms with E-state index in [-0.39, 0.29) is 36.4 Å². The van der Waals surface area contributed by atoms with Crippen LogP contribution in [0.5, 0.6) is 11.5 Å². The number of nitrogens with one attached hydrogen (secondary N) is 1. The molecule has 4 aromatic rings. The number of aromatic carboxylic acids is 1. The number of aliphatic hydroxyl groups excluding tert-OH is 1. The minimum absolute atomic E-state index is 0. The number of carboxylic acids is 1. The summed E-state index contributed by atoms with van der Waals surface area (Å²) in [6.45, 7) is 2.53. The zero-order valence-corrected chi connectivity index (χ0v) is 21.9. The van der Waals surface area contributed by atoms with Crippen molar-refractivity contribution in [3.8, 4) is 22.6 Å². The van der Waals surface area contributed by atoms with Gasteiger partial charge in [-0.05, 0) is 60.4 Å². The molecular formula is C29H30Cl2N2O4. The molecule has 3 aromatic carbocycles. The van der Waals surface area contributed by atoms with Crippen LogP contribution in [0, 0.1) is 0 Å². The number of para-hydroxylation sites is 1. The van der Waals surface area contributed by atoms with Crippen molar-refractivity contribution in [3.05, 3.63) is 114 Å². The number of rotatable bonds is 10. The van der Waals surface area contributed by atoms with Crippen LogP contribution in [0.25, 0.3) is 11.1 Å². The van der Waals surface area contributed by atoms with E-state index in [1.54, 1.807) is 42.7 Å². The summed E-state index contributed by atoms with van der Waals surface area (Å²) in [6, 6.07) is 26.3. The van der Waals surface area contributed by atoms with Crippen molar-refractivity contribution in [2.75, 3.05) is 6.54 Å². The first kappa shape index (κ1) is 29.8. The Morgan fingerprint density at radius 3 is 2.30 bits per heavy atom. The Hall–Kier alpha value is -3.42. The molecule has 0 amide bonds. The molecule has 0 unspecified atom stereocenters. The smallest absolute Gasteiger partial charge is 0.339 e. The fourth-order valence-electron chi connectivity index (χ4n) is 3.84. The van der Waals surface area contributed by atoms with Crippen LogP contribution in [0.15, 0.2) is 97.3 Å². The number of halogens is 2. The van der Waals surface area contributed by atoms with E-state index < -0.39 is 12.1 Å². The van der Waals surface area contributed by atoms with Crippen LogP contribution < -0.4 is 10.1 Å². The highest BCUT2D eigenvalue weighted by atomic mass is 35.5. The van der Waals surface area contributed by atoms with Crippen molar-refractivity contribution in [3.63, 3.8) is 0 Å². The van der Waals surface area contributed by atoms with Gasteiger partial charge in [-0.25, -0.2) is 4.79 Å². The summed E-state index contributed by atoms with van der Waals surface area (Å²) in [5.74, 6) is -0.152. The lowest BCUT2D eigenvalue weighted by Crippen LogP contribution is -2.32. The van der Waals surface area contributed by atoms with Gasteiger partial charge in [-0.15, -0.1) is 24.8 Å². The number of hydrogen-bond donors (Lipinski definition) is 3. The third-order valence-corrected chi connectivity index (χ3v) is 5.74. The zero-order valence-electron chi connectivity index (χ0n) is 20.3. The maximum atomic E-state index is 11.7. The summed E-state index contributed by atoms with van der Waals surface area (Å²) in [5, 5.41) is 23.3. The first-order valence-corrected chi connectivity index (χ1v) is 11.5. The van der Waals surface area contributed by atoms with Gasteiger partial charge in [0.15, 0.2) is 0 Å². The number of nitrogens with zero attached hydrogens (tertiary/aromatic N) is 1. The topological polar surface area (TPSA) is 91.7 Å². The molecule has 8 heteroatoms. The summed E-state index contributed by atoms with van der Waals surface area (Å²) in [7, 11) is 0. The number of carboxylic acid groups (broad SMARTS) is 1. The quantitative estimate of drug-likeness (QED) is 0.217. The minimum Gasteiger partial charge on any atom is -0.478 e. The first-order valence-electron chi connectivity index (χ1n) is 11.5. The van der Waals surface area contributed by atoms with Gasteiger partial charge >= 0.3 is 5.97 Å². The Morgan fingerprint density at radius 2 is 1.65 bits per heavy atom. The predicted octanol–water partition coefficient (Wildman–Crippen LogP) is 6.34. The molecule has 3 N–H and O–H groups in total. The Balaban J connectivity index is 0.00000241. The third kappa shape index (κ3) is 8.30. The minimum atomic E-state index is -1.03. The second-order valence-electron chi connectivity index (χ2n) is 8.44. The summed E-state index contributed by atoms with van der Waals surface area (Å²) in [6.07, 6.45) is 3.57. The third-order valence-electron chi connectivity index (χ3n) is 5.74. The number of benzene rings is 3. The number of aliphatic hydroxyl groups is 1. The lowest BCUT2D eigenvalue weighted by Gasteiger charge is -2.17. The summed E-state index contributed by atoms with van der Waals surface area (Å²) < 4.78 is 5.87. The van der Waals surface area contributed by atoms with E-state index in [2.05, 4.69) is 29.4 Å². The standard InChI is InChI=1S/C29H28N2O4.2ClH/c1-20(31-19-27(32)24-6-5-15-30-18-24)16-21-9-11-22(12-10-21)23-13-14-26(29(33)34)28(17-23)35-25-7-3-2-4-8-25;;/h2-15,17-18,20,27,31-32H,16,19H2,1H3,(H,33,34);2*1H/t20-,27+;;/m1../s1. The van der Waals surface area contributed by atoms with Gasteiger partial charge in [-0.3, -0.25) is 4.98 Å². The zero-order chi connectivity index (χ0) is 24.6. The Bertz CT molecular complexity index is 1260. The van der Waals surface area contributed by atoms with E-state index in [9.17, 15) is 15.0 Å². The molecule has 0 spiro atoms. The lowest BCUT2D eigenvalue weighted by molar-refractivity contribution is 0.0694. The van der Waals surface area contributed by atoms with Crippen molar-refractivity contribution in [1.29, 1.82) is 0 Å². The Morgan fingerprint density at radius 1 is 0.946 bits per heavy atom. The molecule has 0 aliphatic carbocycles. The molecule has 1 aromatic heterocycles. The second-order valence-corrected chi connectivity index (χ2v) is 8.44.